The average molecular weight is 1030 g/mol. The van der Waals surface area contributed by atoms with Gasteiger partial charge in [-0.05, 0) is 148 Å². The summed E-state index contributed by atoms with van der Waals surface area (Å²) in [5.41, 5.74) is 0. The molecule has 75 heavy (non-hydrogen) atoms. The molecule has 0 saturated carbocycles. The second-order valence-corrected chi connectivity index (χ2v) is 18.8. The highest BCUT2D eigenvalue weighted by atomic mass is 16.6. The Bertz CT molecular complexity index is 1750. The highest BCUT2D eigenvalue weighted by molar-refractivity contribution is 5.71. The Kier molecular flexibility index (Phi) is 57.0. The molecule has 1 atom stereocenters. The standard InChI is InChI=1S/C69H106O6/c1-4-7-10-13-16-19-22-25-28-31-32-33-34-35-36-39-41-44-47-50-53-56-59-62-68(71)74-65-66(75-69(72)63-60-57-54-51-48-45-42-38-30-27-24-21-18-15-12-9-6-3)64-73-67(70)61-58-55-52-49-46-43-40-37-29-26-23-20-17-14-11-8-5-2/h7-12,16-21,25-30,32-33,35-36,40-45,66H,4-6,13-15,22-24,31,34,37-39,46-65H2,1-3H3/b10-7-,11-8-,12-9-,19-16-,20-17-,21-18-,28-25-,29-26-,30-27-,33-32-,36-35-,43-40-,44-41-,45-42-. The maximum absolute atomic E-state index is 12.9. The lowest BCUT2D eigenvalue weighted by atomic mass is 10.1. The van der Waals surface area contributed by atoms with Gasteiger partial charge in [-0.15, -0.1) is 0 Å². The number of esters is 3. The molecule has 0 amide bonds. The van der Waals surface area contributed by atoms with Crippen LogP contribution in [0.5, 0.6) is 0 Å². The van der Waals surface area contributed by atoms with E-state index in [0.717, 1.165) is 186 Å². The Morgan fingerprint density at radius 3 is 0.733 bits per heavy atom. The molecule has 0 N–H and O–H groups in total. The van der Waals surface area contributed by atoms with Crippen molar-refractivity contribution in [3.63, 3.8) is 0 Å². The zero-order valence-corrected chi connectivity index (χ0v) is 47.7. The maximum Gasteiger partial charge on any atom is 0.306 e. The Morgan fingerprint density at radius 2 is 0.480 bits per heavy atom. The summed E-state index contributed by atoms with van der Waals surface area (Å²) in [5.74, 6) is -0.998. The molecule has 0 aliphatic carbocycles. The third-order valence-electron chi connectivity index (χ3n) is 11.7. The SMILES string of the molecule is CC/C=C\C/C=C\C/C=C\C/C=C\C/C=C\C/C=C\CCCCCCC(=O)OCC(COC(=O)CCCCCC/C=C\C/C=C\C/C=C\C/C=C\CC)OC(=O)CCCCCC/C=C\C/C=C\C/C=C\C/C=C\CC. The number of rotatable bonds is 51. The quantitative estimate of drug-likeness (QED) is 0.0261. The zero-order valence-electron chi connectivity index (χ0n) is 47.7. The van der Waals surface area contributed by atoms with E-state index in [2.05, 4.69) is 191 Å². The number of hydrogen-bond donors (Lipinski definition) is 0. The molecular formula is C69H106O6. The fourth-order valence-corrected chi connectivity index (χ4v) is 7.37. The van der Waals surface area contributed by atoms with Crippen LogP contribution in [-0.2, 0) is 28.6 Å². The molecule has 0 bridgehead atoms. The lowest BCUT2D eigenvalue weighted by molar-refractivity contribution is -0.167. The summed E-state index contributed by atoms with van der Waals surface area (Å²) < 4.78 is 16.8. The summed E-state index contributed by atoms with van der Waals surface area (Å²) in [6, 6.07) is 0. The Balaban J connectivity index is 4.55. The molecule has 0 fully saturated rings. The normalized spacial score (nSPS) is 13.4. The topological polar surface area (TPSA) is 78.9 Å². The summed E-state index contributed by atoms with van der Waals surface area (Å²) in [4.78, 5) is 38.3. The van der Waals surface area contributed by atoms with E-state index in [9.17, 15) is 14.4 Å². The number of unbranched alkanes of at least 4 members (excludes halogenated alkanes) is 12. The number of allylic oxidation sites excluding steroid dienone is 28. The van der Waals surface area contributed by atoms with Crippen LogP contribution < -0.4 is 0 Å². The van der Waals surface area contributed by atoms with E-state index in [-0.39, 0.29) is 37.5 Å². The second kappa shape index (κ2) is 61.3. The first-order valence-electron chi connectivity index (χ1n) is 29.6. The van der Waals surface area contributed by atoms with E-state index in [0.29, 0.717) is 12.8 Å². The smallest absolute Gasteiger partial charge is 0.306 e. The second-order valence-electron chi connectivity index (χ2n) is 18.8. The van der Waals surface area contributed by atoms with Gasteiger partial charge in [0.15, 0.2) is 6.10 Å². The fourth-order valence-electron chi connectivity index (χ4n) is 7.37. The maximum atomic E-state index is 12.9. The largest absolute Gasteiger partial charge is 0.462 e. The molecule has 0 aromatic carbocycles. The Labute approximate surface area is 460 Å². The molecule has 0 aromatic heterocycles. The van der Waals surface area contributed by atoms with Crippen molar-refractivity contribution >= 4 is 17.9 Å². The van der Waals surface area contributed by atoms with Gasteiger partial charge in [-0.3, -0.25) is 14.4 Å². The van der Waals surface area contributed by atoms with Crippen LogP contribution in [0.3, 0.4) is 0 Å². The molecule has 0 aliphatic heterocycles. The zero-order chi connectivity index (χ0) is 54.3. The molecule has 0 radical (unpaired) electrons. The molecule has 0 spiro atoms. The average Bonchev–Trinajstić information content (AvgIpc) is 3.41. The molecule has 418 valence electrons. The molecule has 0 aliphatic rings. The Morgan fingerprint density at radius 1 is 0.267 bits per heavy atom. The van der Waals surface area contributed by atoms with Crippen molar-refractivity contribution in [2.75, 3.05) is 13.2 Å². The highest BCUT2D eigenvalue weighted by Gasteiger charge is 2.19. The van der Waals surface area contributed by atoms with Gasteiger partial charge < -0.3 is 14.2 Å². The van der Waals surface area contributed by atoms with Crippen LogP contribution in [0.2, 0.25) is 0 Å². The van der Waals surface area contributed by atoms with E-state index in [1.54, 1.807) is 0 Å². The first kappa shape index (κ1) is 69.8. The number of carbonyl (C=O) groups excluding carboxylic acids is 3. The monoisotopic (exact) mass is 1030 g/mol. The van der Waals surface area contributed by atoms with Crippen LogP contribution in [-0.4, -0.2) is 37.2 Å². The molecule has 0 aromatic rings. The van der Waals surface area contributed by atoms with Gasteiger partial charge in [-0.25, -0.2) is 0 Å². The lowest BCUT2D eigenvalue weighted by Gasteiger charge is -2.18. The molecule has 0 saturated heterocycles. The first-order chi connectivity index (χ1) is 37.0. The van der Waals surface area contributed by atoms with Gasteiger partial charge in [0.05, 0.1) is 0 Å². The minimum atomic E-state index is -0.823. The van der Waals surface area contributed by atoms with E-state index < -0.39 is 6.10 Å². The van der Waals surface area contributed by atoms with Gasteiger partial charge in [0, 0.05) is 19.3 Å². The van der Waals surface area contributed by atoms with Crippen LogP contribution in [0.1, 0.15) is 226 Å². The van der Waals surface area contributed by atoms with Crippen LogP contribution in [0.4, 0.5) is 0 Å². The van der Waals surface area contributed by atoms with Gasteiger partial charge in [-0.2, -0.15) is 0 Å². The van der Waals surface area contributed by atoms with E-state index in [4.69, 9.17) is 14.2 Å². The molecule has 1 unspecified atom stereocenters. The molecule has 6 nitrogen and oxygen atoms in total. The predicted molar refractivity (Wildman–Crippen MR) is 325 cm³/mol. The van der Waals surface area contributed by atoms with Gasteiger partial charge in [0.2, 0.25) is 0 Å². The third-order valence-corrected chi connectivity index (χ3v) is 11.7. The van der Waals surface area contributed by atoms with E-state index >= 15 is 0 Å². The lowest BCUT2D eigenvalue weighted by Crippen LogP contribution is -2.30. The molecule has 0 heterocycles. The van der Waals surface area contributed by atoms with Gasteiger partial charge in [-0.1, -0.05) is 229 Å². The first-order valence-corrected chi connectivity index (χ1v) is 29.6. The van der Waals surface area contributed by atoms with Crippen molar-refractivity contribution in [2.45, 2.75) is 232 Å². The predicted octanol–water partition coefficient (Wildman–Crippen LogP) is 20.3. The van der Waals surface area contributed by atoms with Crippen LogP contribution in [0, 0.1) is 0 Å². The van der Waals surface area contributed by atoms with Crippen molar-refractivity contribution < 1.29 is 28.6 Å². The summed E-state index contributed by atoms with van der Waals surface area (Å²) in [6.45, 7) is 6.22. The third kappa shape index (κ3) is 59.5. The van der Waals surface area contributed by atoms with Crippen LogP contribution in [0.25, 0.3) is 0 Å². The fraction of sp³-hybridized carbons (Fsp3) is 0.551. The summed E-state index contributed by atoms with van der Waals surface area (Å²) in [7, 11) is 0. The minimum Gasteiger partial charge on any atom is -0.462 e. The van der Waals surface area contributed by atoms with Crippen molar-refractivity contribution in [3.05, 3.63) is 170 Å². The van der Waals surface area contributed by atoms with Gasteiger partial charge in [0.1, 0.15) is 13.2 Å². The van der Waals surface area contributed by atoms with Crippen molar-refractivity contribution in [2.24, 2.45) is 0 Å². The number of hydrogen-bond acceptors (Lipinski definition) is 6. The molecule has 6 heteroatoms. The van der Waals surface area contributed by atoms with Crippen LogP contribution >= 0.6 is 0 Å². The van der Waals surface area contributed by atoms with Crippen molar-refractivity contribution in [3.8, 4) is 0 Å². The van der Waals surface area contributed by atoms with E-state index in [1.165, 1.54) is 0 Å². The number of ether oxygens (including phenoxy) is 3. The van der Waals surface area contributed by atoms with Gasteiger partial charge in [0.25, 0.3) is 0 Å². The molecule has 0 rings (SSSR count). The summed E-state index contributed by atoms with van der Waals surface area (Å²) in [5, 5.41) is 0. The number of carbonyl (C=O) groups is 3. The van der Waals surface area contributed by atoms with Crippen molar-refractivity contribution in [1.29, 1.82) is 0 Å². The summed E-state index contributed by atoms with van der Waals surface area (Å²) >= 11 is 0. The Hall–Kier alpha value is -5.23. The minimum absolute atomic E-state index is 0.118. The van der Waals surface area contributed by atoms with E-state index in [1.807, 2.05) is 0 Å². The van der Waals surface area contributed by atoms with Gasteiger partial charge >= 0.3 is 17.9 Å². The van der Waals surface area contributed by atoms with Crippen LogP contribution in [0.15, 0.2) is 170 Å². The summed E-state index contributed by atoms with van der Waals surface area (Å²) in [6.07, 6.45) is 90.5. The molecular weight excluding hydrogens is 925 g/mol. The highest BCUT2D eigenvalue weighted by Crippen LogP contribution is 2.12. The van der Waals surface area contributed by atoms with Crippen molar-refractivity contribution in [1.82, 2.24) is 0 Å².